The number of methoxy groups -OCH3 is 2. The molecule has 6 nitrogen and oxygen atoms in total. The van der Waals surface area contributed by atoms with Crippen molar-refractivity contribution < 1.29 is 19.0 Å². The highest BCUT2D eigenvalue weighted by Crippen LogP contribution is 2.28. The van der Waals surface area contributed by atoms with Crippen molar-refractivity contribution in [2.24, 2.45) is 0 Å². The number of nitrogens with zero attached hydrogens (tertiary/aromatic N) is 2. The van der Waals surface area contributed by atoms with Gasteiger partial charge in [0.25, 0.3) is 0 Å². The number of fused-ring (bicyclic) bond motifs is 1. The first-order valence-corrected chi connectivity index (χ1v) is 10.2. The quantitative estimate of drug-likeness (QED) is 0.596. The summed E-state index contributed by atoms with van der Waals surface area (Å²) in [4.78, 5) is 19.1. The maximum Gasteiger partial charge on any atom is 0.223 e. The predicted molar refractivity (Wildman–Crippen MR) is 115 cm³/mol. The van der Waals surface area contributed by atoms with Crippen molar-refractivity contribution in [3.05, 3.63) is 60.3 Å². The molecule has 1 atom stereocenters. The second kappa shape index (κ2) is 9.03. The molecule has 2 heterocycles. The number of carbonyl (C=O) groups excluding carboxylic acids is 1. The Morgan fingerprint density at radius 3 is 2.80 bits per heavy atom. The summed E-state index contributed by atoms with van der Waals surface area (Å²) >= 11 is 0. The molecule has 0 N–H and O–H groups in total. The Bertz CT molecular complexity index is 1030. The number of pyridine rings is 1. The van der Waals surface area contributed by atoms with Gasteiger partial charge in [-0.1, -0.05) is 24.3 Å². The lowest BCUT2D eigenvalue weighted by Crippen LogP contribution is -2.31. The van der Waals surface area contributed by atoms with Gasteiger partial charge in [-0.2, -0.15) is 0 Å². The van der Waals surface area contributed by atoms with Crippen LogP contribution in [-0.2, 0) is 11.2 Å². The van der Waals surface area contributed by atoms with E-state index in [1.54, 1.807) is 20.4 Å². The van der Waals surface area contributed by atoms with E-state index in [-0.39, 0.29) is 12.0 Å². The predicted octanol–water partition coefficient (Wildman–Crippen LogP) is 3.86. The molecule has 0 bridgehead atoms. The van der Waals surface area contributed by atoms with Gasteiger partial charge in [0.2, 0.25) is 5.91 Å². The molecule has 6 heteroatoms. The number of aromatic nitrogens is 1. The Morgan fingerprint density at radius 1 is 1.10 bits per heavy atom. The van der Waals surface area contributed by atoms with Gasteiger partial charge >= 0.3 is 0 Å². The molecule has 2 aromatic carbocycles. The zero-order valence-electron chi connectivity index (χ0n) is 17.3. The Kier molecular flexibility index (Phi) is 6.02. The Hall–Kier alpha value is -3.28. The van der Waals surface area contributed by atoms with Crippen molar-refractivity contribution in [1.82, 2.24) is 9.88 Å². The zero-order valence-corrected chi connectivity index (χ0v) is 17.3. The summed E-state index contributed by atoms with van der Waals surface area (Å²) in [5.74, 6) is 2.39. The Balaban J connectivity index is 1.35. The third-order valence-electron chi connectivity index (χ3n) is 5.49. The largest absolute Gasteiger partial charge is 0.497 e. The summed E-state index contributed by atoms with van der Waals surface area (Å²) in [5, 5.41) is 1.05. The molecule has 1 aliphatic rings. The smallest absolute Gasteiger partial charge is 0.223 e. The highest BCUT2D eigenvalue weighted by Gasteiger charge is 2.28. The molecule has 1 aromatic heterocycles. The monoisotopic (exact) mass is 406 g/mol. The number of benzene rings is 2. The second-order valence-corrected chi connectivity index (χ2v) is 7.38. The van der Waals surface area contributed by atoms with Crippen molar-refractivity contribution in [3.63, 3.8) is 0 Å². The molecule has 1 aliphatic heterocycles. The number of ether oxygens (including phenoxy) is 3. The van der Waals surface area contributed by atoms with Crippen LogP contribution in [0.2, 0.25) is 0 Å². The molecule has 30 heavy (non-hydrogen) atoms. The molecule has 1 amide bonds. The lowest BCUT2D eigenvalue weighted by Gasteiger charge is -2.18. The average molecular weight is 406 g/mol. The SMILES string of the molecule is COc1ccc(CCC(=O)N2CCC(Oc3cccc4cccnc34)C2)c(OC)c1. The van der Waals surface area contributed by atoms with E-state index in [1.807, 2.05) is 53.4 Å². The fourth-order valence-electron chi connectivity index (χ4n) is 3.86. The van der Waals surface area contributed by atoms with E-state index in [1.165, 1.54) is 0 Å². The lowest BCUT2D eigenvalue weighted by atomic mass is 10.1. The topological polar surface area (TPSA) is 60.9 Å². The van der Waals surface area contributed by atoms with Gasteiger partial charge in [0.1, 0.15) is 28.9 Å². The maximum atomic E-state index is 12.7. The van der Waals surface area contributed by atoms with Gasteiger partial charge in [-0.25, -0.2) is 0 Å². The van der Waals surface area contributed by atoms with Crippen LogP contribution in [0.4, 0.5) is 0 Å². The van der Waals surface area contributed by atoms with Gasteiger partial charge < -0.3 is 19.1 Å². The van der Waals surface area contributed by atoms with Gasteiger partial charge in [0.05, 0.1) is 20.8 Å². The minimum Gasteiger partial charge on any atom is -0.497 e. The number of hydrogen-bond donors (Lipinski definition) is 0. The van der Waals surface area contributed by atoms with Crippen LogP contribution >= 0.6 is 0 Å². The molecular formula is C24H26N2O4. The standard InChI is InChI=1S/C24H26N2O4/c1-28-19-10-8-17(22(15-19)29-2)9-11-23(27)26-14-12-20(16-26)30-21-7-3-5-18-6-4-13-25-24(18)21/h3-8,10,13,15,20H,9,11-12,14,16H2,1-2H3. The average Bonchev–Trinajstić information content (AvgIpc) is 3.26. The number of carbonyl (C=O) groups is 1. The summed E-state index contributed by atoms with van der Waals surface area (Å²) < 4.78 is 16.9. The summed E-state index contributed by atoms with van der Waals surface area (Å²) in [5.41, 5.74) is 1.86. The fraction of sp³-hybridized carbons (Fsp3) is 0.333. The normalized spacial score (nSPS) is 15.9. The van der Waals surface area contributed by atoms with Gasteiger partial charge in [-0.15, -0.1) is 0 Å². The van der Waals surface area contributed by atoms with Crippen molar-refractivity contribution in [1.29, 1.82) is 0 Å². The number of hydrogen-bond acceptors (Lipinski definition) is 5. The molecule has 0 aliphatic carbocycles. The number of likely N-dealkylation sites (tertiary alicyclic amines) is 1. The third-order valence-corrected chi connectivity index (χ3v) is 5.49. The molecule has 1 unspecified atom stereocenters. The summed E-state index contributed by atoms with van der Waals surface area (Å²) in [7, 11) is 3.25. The molecule has 4 rings (SSSR count). The van der Waals surface area contributed by atoms with Gasteiger partial charge in [0, 0.05) is 37.0 Å². The van der Waals surface area contributed by atoms with Crippen LogP contribution in [0, 0.1) is 0 Å². The Morgan fingerprint density at radius 2 is 1.97 bits per heavy atom. The molecular weight excluding hydrogens is 380 g/mol. The van der Waals surface area contributed by atoms with E-state index in [0.717, 1.165) is 40.1 Å². The van der Waals surface area contributed by atoms with E-state index in [0.29, 0.717) is 25.9 Å². The van der Waals surface area contributed by atoms with Crippen molar-refractivity contribution in [2.75, 3.05) is 27.3 Å². The minimum absolute atomic E-state index is 0.0166. The first-order valence-electron chi connectivity index (χ1n) is 10.2. The maximum absolute atomic E-state index is 12.7. The van der Waals surface area contributed by atoms with Crippen LogP contribution in [0.25, 0.3) is 10.9 Å². The molecule has 0 spiro atoms. The van der Waals surface area contributed by atoms with E-state index >= 15 is 0 Å². The molecule has 1 saturated heterocycles. The summed E-state index contributed by atoms with van der Waals surface area (Å²) in [6.45, 7) is 1.31. The zero-order chi connectivity index (χ0) is 20.9. The van der Waals surface area contributed by atoms with Crippen molar-refractivity contribution in [2.45, 2.75) is 25.4 Å². The van der Waals surface area contributed by atoms with Gasteiger partial charge in [-0.3, -0.25) is 9.78 Å². The van der Waals surface area contributed by atoms with Crippen LogP contribution < -0.4 is 14.2 Å². The highest BCUT2D eigenvalue weighted by molar-refractivity contribution is 5.84. The second-order valence-electron chi connectivity index (χ2n) is 7.38. The third kappa shape index (κ3) is 4.32. The first kappa shape index (κ1) is 20.0. The minimum atomic E-state index is -0.0166. The molecule has 1 fully saturated rings. The Labute approximate surface area is 176 Å². The van der Waals surface area contributed by atoms with Gasteiger partial charge in [-0.05, 0) is 30.2 Å². The van der Waals surface area contributed by atoms with Crippen molar-refractivity contribution in [3.8, 4) is 17.2 Å². The fourth-order valence-corrected chi connectivity index (χ4v) is 3.86. The number of aryl methyl sites for hydroxylation is 1. The summed E-state index contributed by atoms with van der Waals surface area (Å²) in [6, 6.07) is 15.6. The number of rotatable bonds is 7. The summed E-state index contributed by atoms with van der Waals surface area (Å²) in [6.07, 6.45) is 3.64. The van der Waals surface area contributed by atoms with E-state index in [2.05, 4.69) is 4.98 Å². The number of amides is 1. The van der Waals surface area contributed by atoms with E-state index < -0.39 is 0 Å². The van der Waals surface area contributed by atoms with Gasteiger partial charge in [0.15, 0.2) is 0 Å². The molecule has 156 valence electrons. The van der Waals surface area contributed by atoms with E-state index in [4.69, 9.17) is 14.2 Å². The van der Waals surface area contributed by atoms with Crippen LogP contribution in [-0.4, -0.2) is 49.2 Å². The van der Waals surface area contributed by atoms with Crippen molar-refractivity contribution >= 4 is 16.8 Å². The lowest BCUT2D eigenvalue weighted by molar-refractivity contribution is -0.130. The first-order chi connectivity index (χ1) is 14.7. The van der Waals surface area contributed by atoms with Crippen LogP contribution in [0.1, 0.15) is 18.4 Å². The highest BCUT2D eigenvalue weighted by atomic mass is 16.5. The van der Waals surface area contributed by atoms with Crippen LogP contribution in [0.15, 0.2) is 54.7 Å². The molecule has 0 saturated carbocycles. The van der Waals surface area contributed by atoms with Crippen LogP contribution in [0.3, 0.4) is 0 Å². The van der Waals surface area contributed by atoms with E-state index in [9.17, 15) is 4.79 Å². The molecule has 3 aromatic rings. The van der Waals surface area contributed by atoms with Crippen LogP contribution in [0.5, 0.6) is 17.2 Å². The number of para-hydroxylation sites is 1. The molecule has 0 radical (unpaired) electrons.